The van der Waals surface area contributed by atoms with Crippen molar-refractivity contribution < 1.29 is 16.8 Å². The summed E-state index contributed by atoms with van der Waals surface area (Å²) in [6.45, 7) is 3.86. The lowest BCUT2D eigenvalue weighted by Crippen LogP contribution is -2.43. The molecule has 0 bridgehead atoms. The lowest BCUT2D eigenvalue weighted by atomic mass is 10.1. The molecule has 1 aliphatic carbocycles. The average Bonchev–Trinajstić information content (AvgIpc) is 3.78. The molecule has 11 nitrogen and oxygen atoms in total. The smallest absolute Gasteiger partial charge is 0.240 e. The number of sulfonamides is 2. The molecule has 4 N–H and O–H groups in total. The monoisotopic (exact) mass is 585 g/mol. The Morgan fingerprint density at radius 3 is 2.35 bits per heavy atom. The number of benzene rings is 2. The lowest BCUT2D eigenvalue weighted by Gasteiger charge is -2.29. The molecule has 1 saturated carbocycles. The van der Waals surface area contributed by atoms with Crippen molar-refractivity contribution in [3.8, 4) is 0 Å². The Bertz CT molecular complexity index is 1550. The van der Waals surface area contributed by atoms with Crippen molar-refractivity contribution in [2.24, 2.45) is 0 Å². The maximum atomic E-state index is 13.0. The minimum atomic E-state index is -3.66. The van der Waals surface area contributed by atoms with Crippen molar-refractivity contribution in [2.75, 3.05) is 30.8 Å². The zero-order chi connectivity index (χ0) is 28.3. The summed E-state index contributed by atoms with van der Waals surface area (Å²) in [6, 6.07) is 14.0. The van der Waals surface area contributed by atoms with Crippen LogP contribution < -0.4 is 20.1 Å². The van der Waals surface area contributed by atoms with E-state index in [0.717, 1.165) is 55.6 Å². The predicted octanol–water partition coefficient (Wildman–Crippen LogP) is 3.23. The van der Waals surface area contributed by atoms with E-state index in [-0.39, 0.29) is 22.7 Å². The highest BCUT2D eigenvalue weighted by molar-refractivity contribution is 7.90. The second-order valence-corrected chi connectivity index (χ2v) is 14.2. The van der Waals surface area contributed by atoms with Gasteiger partial charge in [-0.2, -0.15) is 4.98 Å². The van der Waals surface area contributed by atoms with E-state index in [4.69, 9.17) is 0 Å². The summed E-state index contributed by atoms with van der Waals surface area (Å²) in [5, 5.41) is 6.13. The van der Waals surface area contributed by atoms with E-state index in [2.05, 4.69) is 34.9 Å². The third-order valence-corrected chi connectivity index (χ3v) is 10.5. The van der Waals surface area contributed by atoms with Gasteiger partial charge in [-0.3, -0.25) is 0 Å². The van der Waals surface area contributed by atoms with Crippen LogP contribution in [0.15, 0.2) is 59.6 Å². The van der Waals surface area contributed by atoms with E-state index in [1.807, 2.05) is 38.2 Å². The molecule has 0 unspecified atom stereocenters. The van der Waals surface area contributed by atoms with Crippen molar-refractivity contribution in [3.63, 3.8) is 0 Å². The Morgan fingerprint density at radius 2 is 1.65 bits per heavy atom. The van der Waals surface area contributed by atoms with Gasteiger partial charge in [0.1, 0.15) is 5.82 Å². The van der Waals surface area contributed by atoms with E-state index in [9.17, 15) is 16.8 Å². The van der Waals surface area contributed by atoms with Crippen LogP contribution in [-0.2, 0) is 26.6 Å². The molecule has 214 valence electrons. The molecule has 2 aromatic carbocycles. The summed E-state index contributed by atoms with van der Waals surface area (Å²) >= 11 is 0. The molecule has 0 radical (unpaired) electrons. The first kappa shape index (κ1) is 28.4. The molecule has 2 fully saturated rings. The molecular weight excluding hydrogens is 550 g/mol. The van der Waals surface area contributed by atoms with Gasteiger partial charge in [-0.05, 0) is 88.6 Å². The molecule has 0 spiro atoms. The van der Waals surface area contributed by atoms with Gasteiger partial charge in [-0.1, -0.05) is 18.2 Å². The Labute approximate surface area is 235 Å². The fourth-order valence-corrected chi connectivity index (χ4v) is 7.15. The molecule has 13 heteroatoms. The Kier molecular flexibility index (Phi) is 8.38. The normalized spacial score (nSPS) is 17.1. The maximum absolute atomic E-state index is 13.0. The number of hydrogen-bond donors (Lipinski definition) is 4. The molecule has 2 aliphatic rings. The first-order valence-corrected chi connectivity index (χ1v) is 16.4. The van der Waals surface area contributed by atoms with Gasteiger partial charge >= 0.3 is 0 Å². The van der Waals surface area contributed by atoms with Crippen LogP contribution in [0, 0.1) is 6.92 Å². The molecule has 1 aromatic heterocycles. The minimum absolute atomic E-state index is 0.0759. The third kappa shape index (κ3) is 7.34. The van der Waals surface area contributed by atoms with Crippen molar-refractivity contribution in [1.29, 1.82) is 0 Å². The van der Waals surface area contributed by atoms with Crippen LogP contribution in [0.3, 0.4) is 0 Å². The number of piperidine rings is 1. The average molecular weight is 586 g/mol. The molecule has 1 aliphatic heterocycles. The Balaban J connectivity index is 1.22. The number of nitrogens with zero attached hydrogens (tertiary/aromatic N) is 3. The van der Waals surface area contributed by atoms with Gasteiger partial charge in [0.05, 0.1) is 10.1 Å². The summed E-state index contributed by atoms with van der Waals surface area (Å²) in [7, 11) is -4.86. The van der Waals surface area contributed by atoms with Gasteiger partial charge in [0.2, 0.25) is 26.0 Å². The number of hydrogen-bond acceptors (Lipinski definition) is 9. The summed E-state index contributed by atoms with van der Waals surface area (Å²) in [5.41, 5.74) is 3.02. The molecule has 1 saturated heterocycles. The van der Waals surface area contributed by atoms with Crippen LogP contribution in [0.2, 0.25) is 0 Å². The number of aromatic nitrogens is 2. The van der Waals surface area contributed by atoms with E-state index in [1.165, 1.54) is 0 Å². The highest BCUT2D eigenvalue weighted by Gasteiger charge is 2.35. The van der Waals surface area contributed by atoms with E-state index in [1.54, 1.807) is 30.5 Å². The highest BCUT2D eigenvalue weighted by Crippen LogP contribution is 2.28. The zero-order valence-electron chi connectivity index (χ0n) is 22.6. The number of nitrogens with one attached hydrogen (secondary N) is 4. The Hall–Kier alpha value is -3.10. The maximum Gasteiger partial charge on any atom is 0.240 e. The number of rotatable bonds is 11. The summed E-state index contributed by atoms with van der Waals surface area (Å²) in [4.78, 5) is 11.3. The van der Waals surface area contributed by atoms with E-state index in [0.29, 0.717) is 17.5 Å². The number of anilines is 4. The highest BCUT2D eigenvalue weighted by atomic mass is 32.2. The second kappa shape index (κ2) is 11.8. The van der Waals surface area contributed by atoms with Gasteiger partial charge in [0.25, 0.3) is 0 Å². The lowest BCUT2D eigenvalue weighted by molar-refractivity contribution is 0.248. The summed E-state index contributed by atoms with van der Waals surface area (Å²) in [5.74, 6) is 0.907. The van der Waals surface area contributed by atoms with Crippen molar-refractivity contribution in [1.82, 2.24) is 24.3 Å². The first-order chi connectivity index (χ1) is 19.1. The van der Waals surface area contributed by atoms with Crippen LogP contribution in [0.1, 0.15) is 36.8 Å². The number of likely N-dealkylation sites (tertiary alicyclic amines) is 1. The first-order valence-electron chi connectivity index (χ1n) is 13.3. The van der Waals surface area contributed by atoms with Crippen molar-refractivity contribution in [3.05, 3.63) is 65.9 Å². The molecule has 0 atom stereocenters. The summed E-state index contributed by atoms with van der Waals surface area (Å²) in [6.07, 6.45) is 4.70. The van der Waals surface area contributed by atoms with Gasteiger partial charge in [0.15, 0.2) is 0 Å². The van der Waals surface area contributed by atoms with Gasteiger partial charge in [-0.25, -0.2) is 31.3 Å². The molecule has 0 amide bonds. The van der Waals surface area contributed by atoms with Gasteiger partial charge in [-0.15, -0.1) is 0 Å². The van der Waals surface area contributed by atoms with Crippen LogP contribution in [0.5, 0.6) is 0 Å². The molecule has 40 heavy (non-hydrogen) atoms. The molecular formula is C27H35N7O4S2. The van der Waals surface area contributed by atoms with Crippen molar-refractivity contribution in [2.45, 2.75) is 55.3 Å². The largest absolute Gasteiger partial charge is 0.340 e. The van der Waals surface area contributed by atoms with Crippen LogP contribution in [0.25, 0.3) is 0 Å². The van der Waals surface area contributed by atoms with Crippen LogP contribution in [-0.4, -0.2) is 63.1 Å². The summed E-state index contributed by atoms with van der Waals surface area (Å²) < 4.78 is 55.6. The fraction of sp³-hybridized carbons (Fsp3) is 0.407. The quantitative estimate of drug-likeness (QED) is 0.266. The minimum Gasteiger partial charge on any atom is -0.340 e. The molecule has 5 rings (SSSR count). The molecule has 2 heterocycles. The van der Waals surface area contributed by atoms with Crippen LogP contribution in [0.4, 0.5) is 23.1 Å². The topological polar surface area (TPSA) is 145 Å². The van der Waals surface area contributed by atoms with Gasteiger partial charge in [0, 0.05) is 35.7 Å². The fourth-order valence-electron chi connectivity index (χ4n) is 4.44. The standard InChI is InChI=1S/C27H35N7O4S2/c1-19-17-28-27(31-23-4-3-5-25(16-23)40(37,38)33-22-12-14-34(2)15-13-22)32-26(19)30-21-8-6-20(7-9-21)18-29-39(35,36)24-10-11-24/h3-9,16-17,22,24,29,33H,10-15,18H2,1-2H3,(H2,28,30,31,32). The van der Waals surface area contributed by atoms with Crippen LogP contribution >= 0.6 is 0 Å². The van der Waals surface area contributed by atoms with Crippen molar-refractivity contribution >= 4 is 43.2 Å². The number of aryl methyl sites for hydroxylation is 1. The predicted molar refractivity (Wildman–Crippen MR) is 156 cm³/mol. The second-order valence-electron chi connectivity index (χ2n) is 10.5. The van der Waals surface area contributed by atoms with E-state index < -0.39 is 20.0 Å². The Morgan fingerprint density at radius 1 is 0.925 bits per heavy atom. The zero-order valence-corrected chi connectivity index (χ0v) is 24.2. The van der Waals surface area contributed by atoms with E-state index >= 15 is 0 Å². The van der Waals surface area contributed by atoms with Gasteiger partial charge < -0.3 is 15.5 Å². The SMILES string of the molecule is Cc1cnc(Nc2cccc(S(=O)(=O)NC3CCN(C)CC3)c2)nc1Nc1ccc(CNS(=O)(=O)C2CC2)cc1. The third-order valence-electron chi connectivity index (χ3n) is 7.07. The molecule has 3 aromatic rings.